The average Bonchev–Trinajstić information content (AvgIpc) is 3.23. The van der Waals surface area contributed by atoms with E-state index < -0.39 is 5.82 Å². The van der Waals surface area contributed by atoms with Crippen LogP contribution in [0, 0.1) is 12.7 Å². The summed E-state index contributed by atoms with van der Waals surface area (Å²) in [6.45, 7) is 8.52. The molecule has 3 unspecified atom stereocenters. The van der Waals surface area contributed by atoms with Crippen LogP contribution in [0.25, 0.3) is 10.7 Å². The predicted molar refractivity (Wildman–Crippen MR) is 127 cm³/mol. The van der Waals surface area contributed by atoms with Crippen LogP contribution in [0.3, 0.4) is 0 Å². The zero-order valence-corrected chi connectivity index (χ0v) is 20.8. The Bertz CT molecular complexity index is 1200. The second kappa shape index (κ2) is 9.59. The first-order valence-electron chi connectivity index (χ1n) is 10.9. The molecular formula is C23H27FN6O3S. The van der Waals surface area contributed by atoms with Crippen LogP contribution in [0.2, 0.25) is 0 Å². The van der Waals surface area contributed by atoms with E-state index in [0.29, 0.717) is 18.3 Å². The molecular weight excluding hydrogens is 459 g/mol. The van der Waals surface area contributed by atoms with Crippen molar-refractivity contribution in [2.75, 3.05) is 25.5 Å². The number of thiazole rings is 1. The van der Waals surface area contributed by atoms with Crippen molar-refractivity contribution in [1.29, 1.82) is 0 Å². The zero-order valence-electron chi connectivity index (χ0n) is 19.9. The summed E-state index contributed by atoms with van der Waals surface area (Å²) in [6.07, 6.45) is 1.65. The van der Waals surface area contributed by atoms with E-state index >= 15 is 0 Å². The molecule has 180 valence electrons. The molecule has 11 heteroatoms. The molecule has 3 heterocycles. The molecule has 1 aromatic carbocycles. The van der Waals surface area contributed by atoms with Crippen molar-refractivity contribution in [3.63, 3.8) is 0 Å². The molecule has 4 rings (SSSR count). The monoisotopic (exact) mass is 486 g/mol. The minimum Gasteiger partial charge on any atom is -0.421 e. The molecule has 1 aliphatic rings. The number of rotatable bonds is 5. The summed E-state index contributed by atoms with van der Waals surface area (Å²) in [6, 6.07) is 4.00. The van der Waals surface area contributed by atoms with Gasteiger partial charge in [-0.15, -0.1) is 11.3 Å². The number of amides is 1. The second-order valence-electron chi connectivity index (χ2n) is 8.48. The van der Waals surface area contributed by atoms with E-state index in [9.17, 15) is 9.18 Å². The van der Waals surface area contributed by atoms with Crippen LogP contribution in [0.4, 0.5) is 10.3 Å². The third-order valence-electron chi connectivity index (χ3n) is 5.56. The Kier molecular flexibility index (Phi) is 6.76. The highest BCUT2D eigenvalue weighted by molar-refractivity contribution is 7.14. The molecule has 0 bridgehead atoms. The number of carbonyl (C=O) groups is 1. The number of aryl methyl sites for hydroxylation is 1. The van der Waals surface area contributed by atoms with Crippen molar-refractivity contribution < 1.29 is 18.7 Å². The number of halogens is 1. The standard InChI is InChI=1S/C23H27FN6O3S/c1-12-11-30(13(2)14(3)32-12)22-26-20(19-10-25-15(4)34-19)27-23(28-22)33-18-8-7-16(9-17(18)24)21(31)29(5)6/h7-10,12-14H,11H2,1-6H3. The van der Waals surface area contributed by atoms with Crippen molar-refractivity contribution in [2.24, 2.45) is 0 Å². The summed E-state index contributed by atoms with van der Waals surface area (Å²) in [5.41, 5.74) is 0.220. The van der Waals surface area contributed by atoms with Gasteiger partial charge in [0.05, 0.1) is 28.1 Å². The summed E-state index contributed by atoms with van der Waals surface area (Å²) in [5.74, 6) is -0.271. The van der Waals surface area contributed by atoms with Gasteiger partial charge in [-0.2, -0.15) is 15.0 Å². The minimum atomic E-state index is -0.688. The van der Waals surface area contributed by atoms with E-state index in [2.05, 4.69) is 19.9 Å². The van der Waals surface area contributed by atoms with Gasteiger partial charge in [0.25, 0.3) is 5.91 Å². The Morgan fingerprint density at radius 3 is 2.65 bits per heavy atom. The number of benzene rings is 1. The van der Waals surface area contributed by atoms with Gasteiger partial charge in [-0.3, -0.25) is 4.79 Å². The van der Waals surface area contributed by atoms with Crippen LogP contribution < -0.4 is 9.64 Å². The number of carbonyl (C=O) groups excluding carboxylic acids is 1. The summed E-state index contributed by atoms with van der Waals surface area (Å²) in [4.78, 5) is 34.2. The molecule has 1 amide bonds. The van der Waals surface area contributed by atoms with Crippen LogP contribution in [-0.2, 0) is 4.74 Å². The molecule has 1 fully saturated rings. The Morgan fingerprint density at radius 1 is 1.24 bits per heavy atom. The molecule has 1 aliphatic heterocycles. The van der Waals surface area contributed by atoms with Gasteiger partial charge in [-0.25, -0.2) is 9.37 Å². The zero-order chi connectivity index (χ0) is 24.6. The van der Waals surface area contributed by atoms with E-state index in [-0.39, 0.29) is 41.5 Å². The molecule has 3 atom stereocenters. The first-order chi connectivity index (χ1) is 16.1. The molecule has 0 aliphatic carbocycles. The summed E-state index contributed by atoms with van der Waals surface area (Å²) in [7, 11) is 3.21. The molecule has 0 radical (unpaired) electrons. The fourth-order valence-electron chi connectivity index (χ4n) is 3.65. The topological polar surface area (TPSA) is 93.6 Å². The molecule has 9 nitrogen and oxygen atoms in total. The Labute approximate surface area is 201 Å². The van der Waals surface area contributed by atoms with Crippen LogP contribution in [0.1, 0.15) is 36.1 Å². The second-order valence-corrected chi connectivity index (χ2v) is 9.71. The van der Waals surface area contributed by atoms with Gasteiger partial charge in [0, 0.05) is 32.4 Å². The van der Waals surface area contributed by atoms with Crippen LogP contribution in [0.15, 0.2) is 24.4 Å². The van der Waals surface area contributed by atoms with Gasteiger partial charge in [0.2, 0.25) is 5.95 Å². The Morgan fingerprint density at radius 2 is 2.00 bits per heavy atom. The number of nitrogens with zero attached hydrogens (tertiary/aromatic N) is 6. The van der Waals surface area contributed by atoms with Gasteiger partial charge in [0.15, 0.2) is 17.4 Å². The maximum absolute atomic E-state index is 14.8. The van der Waals surface area contributed by atoms with Crippen LogP contribution in [0.5, 0.6) is 11.8 Å². The quantitative estimate of drug-likeness (QED) is 0.535. The largest absolute Gasteiger partial charge is 0.421 e. The van der Waals surface area contributed by atoms with Crippen LogP contribution >= 0.6 is 11.3 Å². The lowest BCUT2D eigenvalue weighted by atomic mass is 10.1. The molecule has 0 spiro atoms. The van der Waals surface area contributed by atoms with Crippen molar-refractivity contribution in [3.05, 3.63) is 40.8 Å². The third-order valence-corrected chi connectivity index (χ3v) is 6.47. The Balaban J connectivity index is 1.72. The van der Waals surface area contributed by atoms with Crippen molar-refractivity contribution in [3.8, 4) is 22.5 Å². The lowest BCUT2D eigenvalue weighted by molar-refractivity contribution is -0.0264. The molecule has 0 saturated carbocycles. The number of ether oxygens (including phenoxy) is 2. The lowest BCUT2D eigenvalue weighted by Gasteiger charge is -2.41. The van der Waals surface area contributed by atoms with Gasteiger partial charge < -0.3 is 19.3 Å². The van der Waals surface area contributed by atoms with Gasteiger partial charge in [-0.05, 0) is 45.9 Å². The highest BCUT2D eigenvalue weighted by Gasteiger charge is 2.32. The highest BCUT2D eigenvalue weighted by atomic mass is 32.1. The fraction of sp³-hybridized carbons (Fsp3) is 0.435. The number of aromatic nitrogens is 4. The Hall–Kier alpha value is -3.18. The molecule has 1 saturated heterocycles. The van der Waals surface area contributed by atoms with E-state index in [1.807, 2.05) is 32.6 Å². The summed E-state index contributed by atoms with van der Waals surface area (Å²) < 4.78 is 26.5. The number of hydrogen-bond acceptors (Lipinski definition) is 9. The molecule has 34 heavy (non-hydrogen) atoms. The number of morpholine rings is 1. The summed E-state index contributed by atoms with van der Waals surface area (Å²) in [5, 5.41) is 0.869. The van der Waals surface area contributed by atoms with E-state index in [0.717, 1.165) is 16.0 Å². The molecule has 3 aromatic rings. The lowest BCUT2D eigenvalue weighted by Crippen LogP contribution is -2.52. The van der Waals surface area contributed by atoms with Gasteiger partial charge in [0.1, 0.15) is 0 Å². The SMILES string of the molecule is Cc1ncc(-c2nc(Oc3ccc(C(=O)N(C)C)cc3F)nc(N3CC(C)OC(C)C3C)n2)s1. The highest BCUT2D eigenvalue weighted by Crippen LogP contribution is 2.31. The van der Waals surface area contributed by atoms with Crippen molar-refractivity contribution in [1.82, 2.24) is 24.8 Å². The van der Waals surface area contributed by atoms with Gasteiger partial charge >= 0.3 is 6.01 Å². The average molecular weight is 487 g/mol. The predicted octanol–water partition coefficient (Wildman–Crippen LogP) is 3.94. The number of anilines is 1. The fourth-order valence-corrected chi connectivity index (χ4v) is 4.36. The van der Waals surface area contributed by atoms with E-state index in [4.69, 9.17) is 9.47 Å². The maximum Gasteiger partial charge on any atom is 0.327 e. The first kappa shape index (κ1) is 24.0. The van der Waals surface area contributed by atoms with Crippen molar-refractivity contribution >= 4 is 23.2 Å². The van der Waals surface area contributed by atoms with Crippen molar-refractivity contribution in [2.45, 2.75) is 45.9 Å². The van der Waals surface area contributed by atoms with E-state index in [1.54, 1.807) is 20.3 Å². The normalized spacial score (nSPS) is 20.3. The minimum absolute atomic E-state index is 0.00978. The molecule has 2 aromatic heterocycles. The molecule has 0 N–H and O–H groups in total. The third kappa shape index (κ3) is 5.00. The van der Waals surface area contributed by atoms with Gasteiger partial charge in [-0.1, -0.05) is 0 Å². The van der Waals surface area contributed by atoms with Crippen LogP contribution in [-0.4, -0.2) is 69.6 Å². The summed E-state index contributed by atoms with van der Waals surface area (Å²) >= 11 is 1.45. The maximum atomic E-state index is 14.8. The number of hydrogen-bond donors (Lipinski definition) is 0. The van der Waals surface area contributed by atoms with E-state index in [1.165, 1.54) is 28.4 Å². The first-order valence-corrected chi connectivity index (χ1v) is 11.7. The smallest absolute Gasteiger partial charge is 0.327 e.